The van der Waals surface area contributed by atoms with E-state index in [1.165, 1.54) is 10.6 Å². The van der Waals surface area contributed by atoms with Gasteiger partial charge in [0, 0.05) is 41.3 Å². The zero-order valence-electron chi connectivity index (χ0n) is 24.9. The summed E-state index contributed by atoms with van der Waals surface area (Å²) in [7, 11) is 1.74. The smallest absolute Gasteiger partial charge is 0.129 e. The van der Waals surface area contributed by atoms with Crippen molar-refractivity contribution in [3.05, 3.63) is 89.3 Å². The Morgan fingerprint density at radius 1 is 0.902 bits per heavy atom. The van der Waals surface area contributed by atoms with E-state index in [-0.39, 0.29) is 0 Å². The van der Waals surface area contributed by atoms with E-state index in [1.54, 1.807) is 7.11 Å². The normalized spacial score (nSPS) is 13.0. The Morgan fingerprint density at radius 3 is 2.44 bits per heavy atom. The molecule has 3 aromatic carbocycles. The SMILES string of the molecule is CCCCOCCOc1ccc(-c2cc(C)c(OC)c(/C=C/c3ccc(SCC4=CNCN4CCC)cc3)c2)cc1. The van der Waals surface area contributed by atoms with E-state index < -0.39 is 0 Å². The Hall–Kier alpha value is -3.35. The average Bonchev–Trinajstić information content (AvgIpc) is 3.44. The van der Waals surface area contributed by atoms with Gasteiger partial charge in [-0.2, -0.15) is 0 Å². The van der Waals surface area contributed by atoms with E-state index in [0.717, 1.165) is 84.2 Å². The van der Waals surface area contributed by atoms with E-state index in [0.29, 0.717) is 13.2 Å². The quantitative estimate of drug-likeness (QED) is 0.106. The number of hydrogen-bond acceptors (Lipinski definition) is 6. The molecular weight excluding hydrogens is 528 g/mol. The summed E-state index contributed by atoms with van der Waals surface area (Å²) in [5, 5.41) is 3.35. The fourth-order valence-electron chi connectivity index (χ4n) is 4.79. The molecule has 218 valence electrons. The molecule has 5 nitrogen and oxygen atoms in total. The van der Waals surface area contributed by atoms with Crippen LogP contribution in [0.2, 0.25) is 0 Å². The zero-order chi connectivity index (χ0) is 28.9. The van der Waals surface area contributed by atoms with Gasteiger partial charge in [-0.15, -0.1) is 11.8 Å². The highest BCUT2D eigenvalue weighted by Crippen LogP contribution is 2.33. The molecule has 0 aliphatic carbocycles. The predicted molar refractivity (Wildman–Crippen MR) is 174 cm³/mol. The van der Waals surface area contributed by atoms with Crippen LogP contribution in [0.25, 0.3) is 23.3 Å². The standard InChI is InChI=1S/C35H44N2O3S/c1-5-7-19-39-20-21-40-33-14-12-29(13-15-33)31-22-27(3)35(38-4)30(23-31)11-8-28-9-16-34(17-10-28)41-25-32-24-36-26-37(32)18-6-2/h8-17,22-24,36H,5-7,18-21,25-26H2,1-4H3/b11-8+. The minimum Gasteiger partial charge on any atom is -0.496 e. The van der Waals surface area contributed by atoms with Gasteiger partial charge < -0.3 is 24.4 Å². The van der Waals surface area contributed by atoms with Crippen molar-refractivity contribution in [1.29, 1.82) is 0 Å². The molecule has 6 heteroatoms. The van der Waals surface area contributed by atoms with Crippen molar-refractivity contribution in [2.24, 2.45) is 0 Å². The topological polar surface area (TPSA) is 43.0 Å². The summed E-state index contributed by atoms with van der Waals surface area (Å²) < 4.78 is 17.2. The molecule has 0 saturated heterocycles. The first-order chi connectivity index (χ1) is 20.1. The number of ether oxygens (including phenoxy) is 3. The first-order valence-electron chi connectivity index (χ1n) is 14.7. The first-order valence-corrected chi connectivity index (χ1v) is 15.7. The predicted octanol–water partition coefficient (Wildman–Crippen LogP) is 8.24. The van der Waals surface area contributed by atoms with E-state index in [2.05, 4.69) is 97.9 Å². The number of aryl methyl sites for hydroxylation is 1. The lowest BCUT2D eigenvalue weighted by Gasteiger charge is -2.20. The van der Waals surface area contributed by atoms with Gasteiger partial charge in [0.15, 0.2) is 0 Å². The number of rotatable bonds is 16. The minimum absolute atomic E-state index is 0.562. The van der Waals surface area contributed by atoms with Crippen molar-refractivity contribution >= 4 is 23.9 Å². The lowest BCUT2D eigenvalue weighted by atomic mass is 9.98. The van der Waals surface area contributed by atoms with Crippen molar-refractivity contribution in [2.45, 2.75) is 44.9 Å². The zero-order valence-corrected chi connectivity index (χ0v) is 25.8. The van der Waals surface area contributed by atoms with Crippen molar-refractivity contribution in [1.82, 2.24) is 10.2 Å². The fraction of sp³-hybridized carbons (Fsp3) is 0.371. The molecule has 1 heterocycles. The van der Waals surface area contributed by atoms with Gasteiger partial charge in [0.05, 0.1) is 20.4 Å². The van der Waals surface area contributed by atoms with Gasteiger partial charge in [-0.25, -0.2) is 0 Å². The van der Waals surface area contributed by atoms with Crippen LogP contribution in [0, 0.1) is 6.92 Å². The summed E-state index contributed by atoms with van der Waals surface area (Å²) >= 11 is 1.88. The number of thioether (sulfide) groups is 1. The Bertz CT molecular complexity index is 1290. The van der Waals surface area contributed by atoms with Crippen LogP contribution in [0.15, 0.2) is 77.5 Å². The third-order valence-electron chi connectivity index (χ3n) is 7.01. The molecule has 4 rings (SSSR count). The van der Waals surface area contributed by atoms with Gasteiger partial charge in [0.25, 0.3) is 0 Å². The fourth-order valence-corrected chi connectivity index (χ4v) is 5.70. The van der Waals surface area contributed by atoms with Crippen LogP contribution in [0.3, 0.4) is 0 Å². The van der Waals surface area contributed by atoms with Crippen LogP contribution in [0.4, 0.5) is 0 Å². The summed E-state index contributed by atoms with van der Waals surface area (Å²) in [4.78, 5) is 3.69. The third-order valence-corrected chi connectivity index (χ3v) is 8.05. The Kier molecular flexibility index (Phi) is 12.1. The number of methoxy groups -OCH3 is 1. The molecule has 0 aromatic heterocycles. The molecular formula is C35H44N2O3S. The van der Waals surface area contributed by atoms with Crippen LogP contribution >= 0.6 is 11.8 Å². The molecule has 0 amide bonds. The third kappa shape index (κ3) is 9.07. The highest BCUT2D eigenvalue weighted by molar-refractivity contribution is 7.99. The maximum atomic E-state index is 5.85. The minimum atomic E-state index is 0.562. The number of hydrogen-bond donors (Lipinski definition) is 1. The van der Waals surface area contributed by atoms with Gasteiger partial charge >= 0.3 is 0 Å². The highest BCUT2D eigenvalue weighted by atomic mass is 32.2. The van der Waals surface area contributed by atoms with E-state index >= 15 is 0 Å². The summed E-state index contributed by atoms with van der Waals surface area (Å²) in [6, 6.07) is 21.4. The summed E-state index contributed by atoms with van der Waals surface area (Å²) in [6.07, 6.45) is 9.85. The number of nitrogens with zero attached hydrogens (tertiary/aromatic N) is 1. The van der Waals surface area contributed by atoms with Gasteiger partial charge in [0.2, 0.25) is 0 Å². The lowest BCUT2D eigenvalue weighted by molar-refractivity contribution is 0.0981. The van der Waals surface area contributed by atoms with Crippen LogP contribution < -0.4 is 14.8 Å². The van der Waals surface area contributed by atoms with Crippen molar-refractivity contribution in [2.75, 3.05) is 45.9 Å². The average molecular weight is 573 g/mol. The number of nitrogens with one attached hydrogen (secondary N) is 1. The molecule has 1 aliphatic rings. The molecule has 1 N–H and O–H groups in total. The molecule has 0 saturated carbocycles. The maximum absolute atomic E-state index is 5.85. The molecule has 0 radical (unpaired) electrons. The van der Waals surface area contributed by atoms with E-state index in [4.69, 9.17) is 14.2 Å². The second-order valence-electron chi connectivity index (χ2n) is 10.2. The van der Waals surface area contributed by atoms with Crippen LogP contribution in [0.1, 0.15) is 49.8 Å². The Balaban J connectivity index is 1.38. The summed E-state index contributed by atoms with van der Waals surface area (Å²) in [6.45, 7) is 10.5. The second-order valence-corrected chi connectivity index (χ2v) is 11.3. The highest BCUT2D eigenvalue weighted by Gasteiger charge is 2.14. The molecule has 0 fully saturated rings. The van der Waals surface area contributed by atoms with Crippen LogP contribution in [-0.4, -0.2) is 50.8 Å². The molecule has 0 bridgehead atoms. The van der Waals surface area contributed by atoms with Gasteiger partial charge in [-0.05, 0) is 78.4 Å². The first kappa shape index (κ1) is 30.6. The van der Waals surface area contributed by atoms with Gasteiger partial charge in [-0.3, -0.25) is 0 Å². The molecule has 0 spiro atoms. The maximum Gasteiger partial charge on any atom is 0.129 e. The van der Waals surface area contributed by atoms with Crippen molar-refractivity contribution in [3.8, 4) is 22.6 Å². The van der Waals surface area contributed by atoms with Gasteiger partial charge in [0.1, 0.15) is 18.1 Å². The monoisotopic (exact) mass is 572 g/mol. The molecule has 1 aliphatic heterocycles. The molecule has 3 aromatic rings. The number of unbranched alkanes of at least 4 members (excludes halogenated alkanes) is 1. The van der Waals surface area contributed by atoms with Gasteiger partial charge in [-0.1, -0.05) is 56.7 Å². The summed E-state index contributed by atoms with van der Waals surface area (Å²) in [5.41, 5.74) is 6.99. The second kappa shape index (κ2) is 16.2. The molecule has 0 unspecified atom stereocenters. The lowest BCUT2D eigenvalue weighted by Crippen LogP contribution is -2.25. The van der Waals surface area contributed by atoms with Crippen molar-refractivity contribution in [3.63, 3.8) is 0 Å². The van der Waals surface area contributed by atoms with Crippen LogP contribution in [0.5, 0.6) is 11.5 Å². The number of benzene rings is 3. The molecule has 41 heavy (non-hydrogen) atoms. The summed E-state index contributed by atoms with van der Waals surface area (Å²) in [5.74, 6) is 2.73. The Labute approximate surface area is 250 Å². The largest absolute Gasteiger partial charge is 0.496 e. The van der Waals surface area contributed by atoms with E-state index in [9.17, 15) is 0 Å². The van der Waals surface area contributed by atoms with E-state index in [1.807, 2.05) is 23.9 Å². The molecule has 0 atom stereocenters. The van der Waals surface area contributed by atoms with Crippen molar-refractivity contribution < 1.29 is 14.2 Å². The van der Waals surface area contributed by atoms with Crippen LogP contribution in [-0.2, 0) is 4.74 Å². The Morgan fingerprint density at radius 2 is 1.71 bits per heavy atom.